The molecule has 3 fully saturated rings. The summed E-state index contributed by atoms with van der Waals surface area (Å²) in [4.78, 5) is 15.5. The molecule has 3 atom stereocenters. The van der Waals surface area contributed by atoms with Gasteiger partial charge < -0.3 is 10.1 Å². The van der Waals surface area contributed by atoms with Gasteiger partial charge in [0.2, 0.25) is 5.91 Å². The Labute approximate surface area is 127 Å². The molecule has 0 aromatic carbocycles. The molecule has 1 saturated heterocycles. The summed E-state index contributed by atoms with van der Waals surface area (Å²) in [7, 11) is 0. The number of likely N-dealkylation sites (tertiary alicyclic amines) is 1. The van der Waals surface area contributed by atoms with Crippen LogP contribution in [-0.2, 0) is 4.79 Å². The lowest BCUT2D eigenvalue weighted by Crippen LogP contribution is -2.52. The lowest BCUT2D eigenvalue weighted by atomic mass is 9.64. The van der Waals surface area contributed by atoms with Gasteiger partial charge in [0.15, 0.2) is 0 Å². The number of carbonyl (C=O) groups excluding carboxylic acids is 1. The molecule has 0 unspecified atom stereocenters. The number of rotatable bonds is 1. The Morgan fingerprint density at radius 3 is 2.57 bits per heavy atom. The van der Waals surface area contributed by atoms with E-state index in [4.69, 9.17) is 0 Å². The molecule has 3 rings (SSSR count). The SMILES string of the molecule is C[C@H]1CCCCN1C(=O)[C@]12CC[C@](C)(/C(=N\O)C1)C2(C)C. The summed E-state index contributed by atoms with van der Waals surface area (Å²) in [5, 5.41) is 13.0. The van der Waals surface area contributed by atoms with Crippen LogP contribution in [0.15, 0.2) is 5.16 Å². The average molecular weight is 292 g/mol. The van der Waals surface area contributed by atoms with E-state index in [-0.39, 0.29) is 16.2 Å². The standard InChI is InChI=1S/C17H28N2O2/c1-12-7-5-6-10-19(12)14(20)17-9-8-16(4,15(17,2)3)13(11-17)18-21/h12,21H,5-11H2,1-4H3/b18-13-/t12-,16+,17-/m0/s1. The second kappa shape index (κ2) is 4.47. The van der Waals surface area contributed by atoms with Gasteiger partial charge >= 0.3 is 0 Å². The molecule has 0 spiro atoms. The maximum Gasteiger partial charge on any atom is 0.229 e. The molecule has 2 bridgehead atoms. The second-order valence-electron chi connectivity index (χ2n) is 8.11. The highest BCUT2D eigenvalue weighted by Gasteiger charge is 2.72. The zero-order chi connectivity index (χ0) is 15.5. The Hall–Kier alpha value is -1.06. The molecule has 0 aromatic rings. The first-order valence-corrected chi connectivity index (χ1v) is 8.33. The summed E-state index contributed by atoms with van der Waals surface area (Å²) >= 11 is 0. The van der Waals surface area contributed by atoms with E-state index in [1.54, 1.807) is 0 Å². The van der Waals surface area contributed by atoms with Crippen molar-refractivity contribution in [1.29, 1.82) is 0 Å². The monoisotopic (exact) mass is 292 g/mol. The third kappa shape index (κ3) is 1.62. The van der Waals surface area contributed by atoms with Crippen LogP contribution in [0.25, 0.3) is 0 Å². The number of nitrogens with zero attached hydrogens (tertiary/aromatic N) is 2. The van der Waals surface area contributed by atoms with Crippen molar-refractivity contribution in [1.82, 2.24) is 4.90 Å². The number of oxime groups is 1. The molecule has 0 radical (unpaired) electrons. The maximum absolute atomic E-state index is 13.4. The Morgan fingerprint density at radius 2 is 2.00 bits per heavy atom. The van der Waals surface area contributed by atoms with Crippen molar-refractivity contribution in [2.24, 2.45) is 21.4 Å². The molecule has 0 aromatic heterocycles. The number of hydrogen-bond acceptors (Lipinski definition) is 3. The number of carbonyl (C=O) groups is 1. The first kappa shape index (κ1) is 14.9. The predicted octanol–water partition coefficient (Wildman–Crippen LogP) is 3.43. The molecular weight excluding hydrogens is 264 g/mol. The highest BCUT2D eigenvalue weighted by Crippen LogP contribution is 2.71. The smallest absolute Gasteiger partial charge is 0.229 e. The van der Waals surface area contributed by atoms with Crippen molar-refractivity contribution in [3.8, 4) is 0 Å². The summed E-state index contributed by atoms with van der Waals surface area (Å²) < 4.78 is 0. The van der Waals surface area contributed by atoms with Crippen LogP contribution >= 0.6 is 0 Å². The predicted molar refractivity (Wildman–Crippen MR) is 82.4 cm³/mol. The molecule has 3 aliphatic rings. The molecule has 4 nitrogen and oxygen atoms in total. The highest BCUT2D eigenvalue weighted by molar-refractivity contribution is 6.02. The van der Waals surface area contributed by atoms with Gasteiger partial charge in [0.1, 0.15) is 0 Å². The van der Waals surface area contributed by atoms with Gasteiger partial charge in [0.05, 0.1) is 11.1 Å². The van der Waals surface area contributed by atoms with Gasteiger partial charge in [-0.15, -0.1) is 0 Å². The minimum Gasteiger partial charge on any atom is -0.411 e. The van der Waals surface area contributed by atoms with Gasteiger partial charge in [-0.3, -0.25) is 4.79 Å². The van der Waals surface area contributed by atoms with E-state index in [0.29, 0.717) is 18.4 Å². The zero-order valence-electron chi connectivity index (χ0n) is 13.8. The highest BCUT2D eigenvalue weighted by atomic mass is 16.4. The largest absolute Gasteiger partial charge is 0.411 e. The zero-order valence-corrected chi connectivity index (χ0v) is 13.8. The van der Waals surface area contributed by atoms with E-state index in [0.717, 1.165) is 37.9 Å². The summed E-state index contributed by atoms with van der Waals surface area (Å²) in [5.74, 6) is 0.307. The number of amides is 1. The van der Waals surface area contributed by atoms with Crippen molar-refractivity contribution in [2.45, 2.75) is 72.3 Å². The third-order valence-electron chi connectivity index (χ3n) is 7.33. The molecule has 1 aliphatic heterocycles. The molecule has 118 valence electrons. The maximum atomic E-state index is 13.4. The van der Waals surface area contributed by atoms with Gasteiger partial charge in [-0.05, 0) is 44.4 Å². The van der Waals surface area contributed by atoms with Crippen LogP contribution in [0.1, 0.15) is 66.2 Å². The lowest BCUT2D eigenvalue weighted by molar-refractivity contribution is -0.151. The Bertz CT molecular complexity index is 499. The van der Waals surface area contributed by atoms with Crippen LogP contribution in [-0.4, -0.2) is 34.3 Å². The first-order valence-electron chi connectivity index (χ1n) is 8.33. The number of hydrogen-bond donors (Lipinski definition) is 1. The van der Waals surface area contributed by atoms with Gasteiger partial charge in [-0.2, -0.15) is 0 Å². The van der Waals surface area contributed by atoms with Crippen LogP contribution in [0.3, 0.4) is 0 Å². The van der Waals surface area contributed by atoms with Gasteiger partial charge in [-0.1, -0.05) is 25.9 Å². The van der Waals surface area contributed by atoms with E-state index in [1.807, 2.05) is 0 Å². The normalized spacial score (nSPS) is 43.5. The number of piperidine rings is 1. The molecule has 2 saturated carbocycles. The van der Waals surface area contributed by atoms with Crippen LogP contribution in [0.5, 0.6) is 0 Å². The van der Waals surface area contributed by atoms with Crippen LogP contribution < -0.4 is 0 Å². The molecule has 1 amide bonds. The summed E-state index contributed by atoms with van der Waals surface area (Å²) in [5.41, 5.74) is 0.179. The van der Waals surface area contributed by atoms with E-state index in [2.05, 4.69) is 37.8 Å². The quantitative estimate of drug-likeness (QED) is 0.594. The third-order valence-corrected chi connectivity index (χ3v) is 7.33. The van der Waals surface area contributed by atoms with Crippen molar-refractivity contribution < 1.29 is 10.0 Å². The van der Waals surface area contributed by atoms with Crippen molar-refractivity contribution in [3.63, 3.8) is 0 Å². The van der Waals surface area contributed by atoms with Gasteiger partial charge in [-0.25, -0.2) is 0 Å². The molecule has 21 heavy (non-hydrogen) atoms. The summed E-state index contributed by atoms with van der Waals surface area (Å²) in [6.07, 6.45) is 5.97. The van der Waals surface area contributed by atoms with Crippen LogP contribution in [0.2, 0.25) is 0 Å². The second-order valence-corrected chi connectivity index (χ2v) is 8.11. The van der Waals surface area contributed by atoms with Crippen molar-refractivity contribution in [3.05, 3.63) is 0 Å². The Balaban J connectivity index is 1.99. The minimum atomic E-state index is -0.366. The molecular formula is C17H28N2O2. The Morgan fingerprint density at radius 1 is 1.29 bits per heavy atom. The van der Waals surface area contributed by atoms with Crippen LogP contribution in [0.4, 0.5) is 0 Å². The fourth-order valence-corrected chi connectivity index (χ4v) is 5.18. The van der Waals surface area contributed by atoms with Gasteiger partial charge in [0, 0.05) is 24.4 Å². The van der Waals surface area contributed by atoms with E-state index in [1.165, 1.54) is 6.42 Å². The molecule has 1 N–H and O–H groups in total. The van der Waals surface area contributed by atoms with E-state index >= 15 is 0 Å². The topological polar surface area (TPSA) is 52.9 Å². The summed E-state index contributed by atoms with van der Waals surface area (Å²) in [6, 6.07) is 0.346. The molecule has 4 heteroatoms. The van der Waals surface area contributed by atoms with Crippen LogP contribution in [0, 0.1) is 16.2 Å². The first-order chi connectivity index (χ1) is 9.80. The summed E-state index contributed by atoms with van der Waals surface area (Å²) in [6.45, 7) is 9.63. The van der Waals surface area contributed by atoms with Crippen molar-refractivity contribution >= 4 is 11.6 Å². The lowest BCUT2D eigenvalue weighted by Gasteiger charge is -2.44. The minimum absolute atomic E-state index is 0.142. The average Bonchev–Trinajstić information content (AvgIpc) is 2.76. The number of fused-ring (bicyclic) bond motifs is 2. The van der Waals surface area contributed by atoms with E-state index < -0.39 is 0 Å². The van der Waals surface area contributed by atoms with Gasteiger partial charge in [0.25, 0.3) is 0 Å². The van der Waals surface area contributed by atoms with E-state index in [9.17, 15) is 10.0 Å². The fourth-order valence-electron chi connectivity index (χ4n) is 5.18. The Kier molecular flexibility index (Phi) is 3.16. The fraction of sp³-hybridized carbons (Fsp3) is 0.882. The van der Waals surface area contributed by atoms with Crippen molar-refractivity contribution in [2.75, 3.05) is 6.54 Å². The molecule has 2 aliphatic carbocycles. The molecule has 1 heterocycles.